The molecule has 2 amide bonds. The monoisotopic (exact) mass is 519 g/mol. The van der Waals surface area contributed by atoms with Gasteiger partial charge in [-0.25, -0.2) is 0 Å². The summed E-state index contributed by atoms with van der Waals surface area (Å²) in [6, 6.07) is 12.2. The summed E-state index contributed by atoms with van der Waals surface area (Å²) < 4.78 is 5.68. The lowest BCUT2D eigenvalue weighted by Crippen LogP contribution is -2.55. The topological polar surface area (TPSA) is 77.2 Å². The number of amides is 2. The molecule has 2 aliphatic heterocycles. The molecule has 0 radical (unpaired) electrons. The summed E-state index contributed by atoms with van der Waals surface area (Å²) in [5.41, 5.74) is 4.36. The van der Waals surface area contributed by atoms with E-state index in [2.05, 4.69) is 40.5 Å². The Labute approximate surface area is 226 Å². The molecule has 1 aliphatic carbocycles. The van der Waals surface area contributed by atoms with Crippen LogP contribution in [-0.2, 0) is 4.79 Å². The number of likely N-dealkylation sites (N-methyl/N-ethyl adjacent to an activating group) is 1. The first-order valence-electron chi connectivity index (χ1n) is 14.0. The highest BCUT2D eigenvalue weighted by Gasteiger charge is 2.39. The maximum absolute atomic E-state index is 13.2. The molecule has 2 aromatic rings. The molecule has 8 nitrogen and oxygen atoms in total. The molecule has 38 heavy (non-hydrogen) atoms. The van der Waals surface area contributed by atoms with Crippen LogP contribution in [0, 0.1) is 0 Å². The van der Waals surface area contributed by atoms with E-state index in [4.69, 9.17) is 4.74 Å². The maximum Gasteiger partial charge on any atom is 0.251 e. The number of carbonyl (C=O) groups is 2. The number of hydrogen-bond donors (Lipinski definition) is 2. The molecule has 1 saturated heterocycles. The zero-order chi connectivity index (χ0) is 26.8. The Morgan fingerprint density at radius 2 is 1.74 bits per heavy atom. The molecular formula is C30H41N5O3. The van der Waals surface area contributed by atoms with Crippen molar-refractivity contribution >= 4 is 34.6 Å². The Kier molecular flexibility index (Phi) is 7.79. The second-order valence-corrected chi connectivity index (χ2v) is 11.0. The van der Waals surface area contributed by atoms with Gasteiger partial charge in [0.1, 0.15) is 11.8 Å². The fourth-order valence-electron chi connectivity index (χ4n) is 6.24. The van der Waals surface area contributed by atoms with Crippen LogP contribution in [0.15, 0.2) is 36.4 Å². The van der Waals surface area contributed by atoms with Crippen LogP contribution in [0.2, 0.25) is 0 Å². The third-order valence-corrected chi connectivity index (χ3v) is 8.47. The van der Waals surface area contributed by atoms with E-state index in [1.807, 2.05) is 31.3 Å². The lowest BCUT2D eigenvalue weighted by atomic mass is 10.00. The number of carbonyl (C=O) groups excluding carboxylic acids is 2. The summed E-state index contributed by atoms with van der Waals surface area (Å²) in [7, 11) is 5.62. The molecule has 2 fully saturated rings. The highest BCUT2D eigenvalue weighted by atomic mass is 16.5. The SMILES string of the molecule is CC[C@@H]1C(=O)N(C)c2ccc(Nc3ccc(C(=O)NC4CCN(C)CC4)cc3OC)cc2N1C1CCCC1. The number of fused-ring (bicyclic) bond motifs is 1. The Balaban J connectivity index is 1.38. The Morgan fingerprint density at radius 3 is 2.42 bits per heavy atom. The number of nitrogens with zero attached hydrogens (tertiary/aromatic N) is 3. The molecule has 5 rings (SSSR count). The second-order valence-electron chi connectivity index (χ2n) is 11.0. The maximum atomic E-state index is 13.2. The summed E-state index contributed by atoms with van der Waals surface area (Å²) in [4.78, 5) is 32.6. The van der Waals surface area contributed by atoms with E-state index in [0.717, 1.165) is 67.9 Å². The Bertz CT molecular complexity index is 1170. The number of ether oxygens (including phenoxy) is 1. The molecule has 2 heterocycles. The van der Waals surface area contributed by atoms with Gasteiger partial charge in [0.25, 0.3) is 5.91 Å². The third-order valence-electron chi connectivity index (χ3n) is 8.47. The highest BCUT2D eigenvalue weighted by Crippen LogP contribution is 2.43. The number of rotatable bonds is 7. The second kappa shape index (κ2) is 11.2. The normalized spacial score (nSPS) is 20.9. The van der Waals surface area contributed by atoms with Gasteiger partial charge in [-0.15, -0.1) is 0 Å². The number of anilines is 4. The zero-order valence-corrected chi connectivity index (χ0v) is 23.1. The van der Waals surface area contributed by atoms with E-state index < -0.39 is 0 Å². The molecule has 0 spiro atoms. The van der Waals surface area contributed by atoms with Crippen LogP contribution < -0.4 is 25.2 Å². The molecule has 1 atom stereocenters. The van der Waals surface area contributed by atoms with Gasteiger partial charge >= 0.3 is 0 Å². The summed E-state index contributed by atoms with van der Waals surface area (Å²) in [5.74, 6) is 0.720. The molecule has 1 saturated carbocycles. The van der Waals surface area contributed by atoms with Crippen molar-refractivity contribution in [3.8, 4) is 5.75 Å². The standard InChI is InChI=1S/C30H41N5O3/c1-5-25-30(37)34(3)26-13-11-22(19-27(26)35(25)23-8-6-7-9-23)31-24-12-10-20(18-28(24)38-4)29(36)32-21-14-16-33(2)17-15-21/h10-13,18-19,21,23,25,31H,5-9,14-17H2,1-4H3,(H,32,36)/t25-/m1/s1. The molecule has 3 aliphatic rings. The van der Waals surface area contributed by atoms with Gasteiger partial charge in [0.05, 0.1) is 24.2 Å². The van der Waals surface area contributed by atoms with Crippen molar-refractivity contribution in [2.24, 2.45) is 0 Å². The minimum Gasteiger partial charge on any atom is -0.495 e. The van der Waals surface area contributed by atoms with Crippen LogP contribution in [-0.4, -0.2) is 69.1 Å². The number of hydrogen-bond acceptors (Lipinski definition) is 6. The minimum atomic E-state index is -0.136. The van der Waals surface area contributed by atoms with Crippen LogP contribution in [0.25, 0.3) is 0 Å². The molecule has 8 heteroatoms. The summed E-state index contributed by atoms with van der Waals surface area (Å²) in [6.45, 7) is 4.10. The average Bonchev–Trinajstić information content (AvgIpc) is 3.46. The van der Waals surface area contributed by atoms with Crippen molar-refractivity contribution in [3.63, 3.8) is 0 Å². The lowest BCUT2D eigenvalue weighted by molar-refractivity contribution is -0.120. The van der Waals surface area contributed by atoms with E-state index >= 15 is 0 Å². The quantitative estimate of drug-likeness (QED) is 0.549. The number of nitrogens with one attached hydrogen (secondary N) is 2. The molecule has 204 valence electrons. The van der Waals surface area contributed by atoms with E-state index in [-0.39, 0.29) is 23.9 Å². The summed E-state index contributed by atoms with van der Waals surface area (Å²) in [6.07, 6.45) is 7.39. The Hall–Kier alpha value is -3.26. The van der Waals surface area contributed by atoms with Crippen LogP contribution in [0.4, 0.5) is 22.7 Å². The lowest BCUT2D eigenvalue weighted by Gasteiger charge is -2.45. The van der Waals surface area contributed by atoms with Gasteiger partial charge in [0, 0.05) is 30.4 Å². The van der Waals surface area contributed by atoms with Gasteiger partial charge in [-0.3, -0.25) is 9.59 Å². The van der Waals surface area contributed by atoms with Crippen LogP contribution in [0.1, 0.15) is 62.2 Å². The molecule has 0 bridgehead atoms. The Morgan fingerprint density at radius 1 is 1.00 bits per heavy atom. The largest absolute Gasteiger partial charge is 0.495 e. The number of piperidine rings is 1. The molecular weight excluding hydrogens is 478 g/mol. The van der Waals surface area contributed by atoms with Gasteiger partial charge in [-0.05, 0) is 88.6 Å². The van der Waals surface area contributed by atoms with Gasteiger partial charge in [0.15, 0.2) is 0 Å². The predicted molar refractivity (Wildman–Crippen MR) is 153 cm³/mol. The van der Waals surface area contributed by atoms with Crippen molar-refractivity contribution in [2.45, 2.75) is 70.0 Å². The number of likely N-dealkylation sites (tertiary alicyclic amines) is 1. The average molecular weight is 520 g/mol. The van der Waals surface area contributed by atoms with Gasteiger partial charge < -0.3 is 30.1 Å². The first-order valence-corrected chi connectivity index (χ1v) is 14.0. The van der Waals surface area contributed by atoms with Crippen molar-refractivity contribution in [3.05, 3.63) is 42.0 Å². The predicted octanol–water partition coefficient (Wildman–Crippen LogP) is 4.77. The van der Waals surface area contributed by atoms with E-state index in [0.29, 0.717) is 17.4 Å². The number of benzene rings is 2. The fourth-order valence-corrected chi connectivity index (χ4v) is 6.24. The van der Waals surface area contributed by atoms with E-state index in [1.165, 1.54) is 12.8 Å². The molecule has 2 N–H and O–H groups in total. The molecule has 0 aromatic heterocycles. The fraction of sp³-hybridized carbons (Fsp3) is 0.533. The van der Waals surface area contributed by atoms with Gasteiger partial charge in [-0.2, -0.15) is 0 Å². The molecule has 0 unspecified atom stereocenters. The molecule has 2 aromatic carbocycles. The van der Waals surface area contributed by atoms with E-state index in [1.54, 1.807) is 18.1 Å². The summed E-state index contributed by atoms with van der Waals surface area (Å²) >= 11 is 0. The van der Waals surface area contributed by atoms with E-state index in [9.17, 15) is 9.59 Å². The van der Waals surface area contributed by atoms with Crippen LogP contribution in [0.5, 0.6) is 5.75 Å². The van der Waals surface area contributed by atoms with Crippen LogP contribution >= 0.6 is 0 Å². The van der Waals surface area contributed by atoms with Crippen molar-refractivity contribution in [1.82, 2.24) is 10.2 Å². The summed E-state index contributed by atoms with van der Waals surface area (Å²) in [5, 5.41) is 6.68. The van der Waals surface area contributed by atoms with Crippen molar-refractivity contribution in [2.75, 3.05) is 49.4 Å². The first kappa shape index (κ1) is 26.4. The van der Waals surface area contributed by atoms with Crippen molar-refractivity contribution < 1.29 is 14.3 Å². The van der Waals surface area contributed by atoms with Crippen molar-refractivity contribution in [1.29, 1.82) is 0 Å². The van der Waals surface area contributed by atoms with Gasteiger partial charge in [-0.1, -0.05) is 19.8 Å². The minimum absolute atomic E-state index is 0.0660. The first-order chi connectivity index (χ1) is 18.4. The number of methoxy groups -OCH3 is 1. The smallest absolute Gasteiger partial charge is 0.251 e. The highest BCUT2D eigenvalue weighted by molar-refractivity contribution is 6.06. The van der Waals surface area contributed by atoms with Crippen LogP contribution in [0.3, 0.4) is 0 Å². The van der Waals surface area contributed by atoms with Gasteiger partial charge in [0.2, 0.25) is 5.91 Å². The third kappa shape index (κ3) is 5.19. The zero-order valence-electron chi connectivity index (χ0n) is 23.1.